The molecule has 0 unspecified atom stereocenters. The van der Waals surface area contributed by atoms with Gasteiger partial charge in [0.05, 0.1) is 17.3 Å². The van der Waals surface area contributed by atoms with Crippen molar-refractivity contribution in [3.05, 3.63) is 35.1 Å². The molecule has 76 valence electrons. The third-order valence-corrected chi connectivity index (χ3v) is 2.03. The van der Waals surface area contributed by atoms with Crippen LogP contribution < -0.4 is 5.73 Å². The van der Waals surface area contributed by atoms with Crippen LogP contribution in [-0.2, 0) is 4.74 Å². The monoisotopic (exact) mass is 215 g/mol. The van der Waals surface area contributed by atoms with Crippen molar-refractivity contribution in [2.24, 2.45) is 0 Å². The van der Waals surface area contributed by atoms with Gasteiger partial charge in [-0.25, -0.2) is 4.39 Å². The average Bonchev–Trinajstić information content (AvgIpc) is 2.11. The number of hydrogen-bond acceptors (Lipinski definition) is 2. The van der Waals surface area contributed by atoms with Gasteiger partial charge >= 0.3 is 0 Å². The fourth-order valence-electron chi connectivity index (χ4n) is 1.07. The van der Waals surface area contributed by atoms with Gasteiger partial charge in [-0.2, -0.15) is 0 Å². The van der Waals surface area contributed by atoms with Gasteiger partial charge < -0.3 is 10.5 Å². The van der Waals surface area contributed by atoms with E-state index >= 15 is 0 Å². The number of halogens is 2. The molecular weight excluding hydrogens is 205 g/mol. The third kappa shape index (κ3) is 2.17. The zero-order valence-corrected chi connectivity index (χ0v) is 8.57. The minimum absolute atomic E-state index is 0.167. The minimum atomic E-state index is -0.458. The van der Waals surface area contributed by atoms with Crippen LogP contribution in [0.3, 0.4) is 0 Å². The summed E-state index contributed by atoms with van der Waals surface area (Å²) in [5.41, 5.74) is 6.33. The van der Waals surface area contributed by atoms with E-state index in [-0.39, 0.29) is 10.7 Å². The van der Waals surface area contributed by atoms with E-state index in [2.05, 4.69) is 6.58 Å². The molecule has 0 fully saturated rings. The van der Waals surface area contributed by atoms with E-state index in [0.717, 1.165) is 6.07 Å². The first kappa shape index (κ1) is 10.9. The molecule has 0 saturated heterocycles. The van der Waals surface area contributed by atoms with Crippen LogP contribution in [0.25, 0.3) is 5.76 Å². The maximum Gasteiger partial charge on any atom is 0.125 e. The molecule has 1 rings (SSSR count). The summed E-state index contributed by atoms with van der Waals surface area (Å²) < 4.78 is 18.1. The lowest BCUT2D eigenvalue weighted by molar-refractivity contribution is 0.299. The topological polar surface area (TPSA) is 35.2 Å². The van der Waals surface area contributed by atoms with Crippen LogP contribution in [0, 0.1) is 5.82 Å². The van der Waals surface area contributed by atoms with Gasteiger partial charge in [0.15, 0.2) is 0 Å². The summed E-state index contributed by atoms with van der Waals surface area (Å²) in [4.78, 5) is 0. The van der Waals surface area contributed by atoms with Crippen molar-refractivity contribution >= 4 is 23.0 Å². The van der Waals surface area contributed by atoms with Crippen LogP contribution in [-0.4, -0.2) is 6.61 Å². The molecule has 4 heteroatoms. The highest BCUT2D eigenvalue weighted by Crippen LogP contribution is 2.29. The SMILES string of the molecule is C=C(OCC)c1cc(F)cc(Cl)c1N. The smallest absolute Gasteiger partial charge is 0.125 e. The number of nitrogens with two attached hydrogens (primary N) is 1. The highest BCUT2D eigenvalue weighted by atomic mass is 35.5. The Morgan fingerprint density at radius 2 is 2.29 bits per heavy atom. The maximum atomic E-state index is 13.0. The predicted molar refractivity (Wildman–Crippen MR) is 56.5 cm³/mol. The fraction of sp³-hybridized carbons (Fsp3) is 0.200. The van der Waals surface area contributed by atoms with Crippen LogP contribution >= 0.6 is 11.6 Å². The summed E-state index contributed by atoms with van der Waals surface area (Å²) in [5, 5.41) is 0.167. The Kier molecular flexibility index (Phi) is 3.36. The first-order valence-corrected chi connectivity index (χ1v) is 4.50. The molecule has 0 aromatic heterocycles. The molecule has 1 aromatic rings. The molecule has 0 saturated carbocycles. The molecule has 0 aliphatic rings. The molecule has 0 radical (unpaired) electrons. The Labute approximate surface area is 87.1 Å². The van der Waals surface area contributed by atoms with Crippen LogP contribution in [0.4, 0.5) is 10.1 Å². The van der Waals surface area contributed by atoms with E-state index in [1.807, 2.05) is 6.92 Å². The van der Waals surface area contributed by atoms with E-state index in [9.17, 15) is 4.39 Å². The Hall–Kier alpha value is -1.22. The lowest BCUT2D eigenvalue weighted by Gasteiger charge is -2.10. The molecule has 1 aromatic carbocycles. The van der Waals surface area contributed by atoms with Gasteiger partial charge in [-0.05, 0) is 19.1 Å². The van der Waals surface area contributed by atoms with E-state index in [4.69, 9.17) is 22.1 Å². The van der Waals surface area contributed by atoms with Gasteiger partial charge in [-0.1, -0.05) is 18.2 Å². The van der Waals surface area contributed by atoms with Crippen molar-refractivity contribution in [2.75, 3.05) is 12.3 Å². The first-order chi connectivity index (χ1) is 6.56. The number of ether oxygens (including phenoxy) is 1. The minimum Gasteiger partial charge on any atom is -0.494 e. The zero-order valence-electron chi connectivity index (χ0n) is 7.81. The normalized spacial score (nSPS) is 9.93. The largest absolute Gasteiger partial charge is 0.494 e. The van der Waals surface area contributed by atoms with Crippen molar-refractivity contribution < 1.29 is 9.13 Å². The van der Waals surface area contributed by atoms with Crippen LogP contribution in [0.15, 0.2) is 18.7 Å². The van der Waals surface area contributed by atoms with Crippen LogP contribution in [0.2, 0.25) is 5.02 Å². The molecule has 14 heavy (non-hydrogen) atoms. The molecule has 0 bridgehead atoms. The summed E-state index contributed by atoms with van der Waals surface area (Å²) in [6, 6.07) is 2.40. The zero-order chi connectivity index (χ0) is 10.7. The van der Waals surface area contributed by atoms with E-state index < -0.39 is 5.82 Å². The first-order valence-electron chi connectivity index (χ1n) is 4.12. The molecule has 0 aliphatic carbocycles. The van der Waals surface area contributed by atoms with Crippen molar-refractivity contribution in [1.29, 1.82) is 0 Å². The summed E-state index contributed by atoms with van der Waals surface area (Å²) in [6.45, 7) is 5.89. The van der Waals surface area contributed by atoms with Gasteiger partial charge in [0.2, 0.25) is 0 Å². The Morgan fingerprint density at radius 3 is 2.86 bits per heavy atom. The van der Waals surface area contributed by atoms with Gasteiger partial charge in [-0.15, -0.1) is 0 Å². The summed E-state index contributed by atoms with van der Waals surface area (Å²) in [7, 11) is 0. The molecule has 0 aliphatic heterocycles. The highest BCUT2D eigenvalue weighted by Gasteiger charge is 2.10. The average molecular weight is 216 g/mol. The lowest BCUT2D eigenvalue weighted by Crippen LogP contribution is -1.98. The van der Waals surface area contributed by atoms with Crippen molar-refractivity contribution in [3.63, 3.8) is 0 Å². The third-order valence-electron chi connectivity index (χ3n) is 1.71. The summed E-state index contributed by atoms with van der Waals surface area (Å²) >= 11 is 5.70. The van der Waals surface area contributed by atoms with E-state index in [1.54, 1.807) is 0 Å². The second kappa shape index (κ2) is 4.33. The lowest BCUT2D eigenvalue weighted by atomic mass is 10.1. The number of hydrogen-bond donors (Lipinski definition) is 1. The number of rotatable bonds is 3. The number of benzene rings is 1. The molecular formula is C10H11ClFNO. The molecule has 0 amide bonds. The molecule has 2 nitrogen and oxygen atoms in total. The quantitative estimate of drug-likeness (QED) is 0.621. The summed E-state index contributed by atoms with van der Waals surface area (Å²) in [5.74, 6) is -0.133. The van der Waals surface area contributed by atoms with Gasteiger partial charge in [0.1, 0.15) is 11.6 Å². The van der Waals surface area contributed by atoms with Crippen molar-refractivity contribution in [3.8, 4) is 0 Å². The van der Waals surface area contributed by atoms with Gasteiger partial charge in [0, 0.05) is 5.56 Å². The fourth-order valence-corrected chi connectivity index (χ4v) is 1.27. The standard InChI is InChI=1S/C10H11ClFNO/c1-3-14-6(2)8-4-7(12)5-9(11)10(8)13/h4-5H,2-3,13H2,1H3. The molecule has 0 heterocycles. The Bertz CT molecular complexity index is 365. The Balaban J connectivity index is 3.13. The van der Waals surface area contributed by atoms with Crippen LogP contribution in [0.1, 0.15) is 12.5 Å². The number of anilines is 1. The maximum absolute atomic E-state index is 13.0. The van der Waals surface area contributed by atoms with Gasteiger partial charge in [0.25, 0.3) is 0 Å². The molecule has 0 atom stereocenters. The second-order valence-corrected chi connectivity index (χ2v) is 3.11. The van der Waals surface area contributed by atoms with Crippen molar-refractivity contribution in [1.82, 2.24) is 0 Å². The Morgan fingerprint density at radius 1 is 1.64 bits per heavy atom. The van der Waals surface area contributed by atoms with E-state index in [0.29, 0.717) is 17.9 Å². The van der Waals surface area contributed by atoms with Gasteiger partial charge in [-0.3, -0.25) is 0 Å². The predicted octanol–water partition coefficient (Wildman–Crippen LogP) is 3.07. The van der Waals surface area contributed by atoms with Crippen LogP contribution in [0.5, 0.6) is 0 Å². The number of nitrogen functional groups attached to an aromatic ring is 1. The second-order valence-electron chi connectivity index (χ2n) is 2.71. The molecule has 2 N–H and O–H groups in total. The van der Waals surface area contributed by atoms with Crippen molar-refractivity contribution in [2.45, 2.75) is 6.92 Å². The van der Waals surface area contributed by atoms with E-state index in [1.165, 1.54) is 6.07 Å². The molecule has 0 spiro atoms. The highest BCUT2D eigenvalue weighted by molar-refractivity contribution is 6.33. The summed E-state index contributed by atoms with van der Waals surface area (Å²) in [6.07, 6.45) is 0.